The van der Waals surface area contributed by atoms with Gasteiger partial charge in [-0.2, -0.15) is 0 Å². The third kappa shape index (κ3) is 4.55. The zero-order chi connectivity index (χ0) is 20.8. The predicted molar refractivity (Wildman–Crippen MR) is 130 cm³/mol. The van der Waals surface area contributed by atoms with Gasteiger partial charge in [0.2, 0.25) is 0 Å². The highest BCUT2D eigenvalue weighted by atomic mass is 15.1. The summed E-state index contributed by atoms with van der Waals surface area (Å²) in [5, 5.41) is 9.44. The normalized spacial score (nSPS) is 11.3. The Bertz CT molecular complexity index is 1050. The molecule has 154 valence electrons. The van der Waals surface area contributed by atoms with Gasteiger partial charge in [-0.15, -0.1) is 0 Å². The molecule has 0 aliphatic heterocycles. The number of hydrogen-bond donors (Lipinski definition) is 2. The molecule has 0 fully saturated rings. The molecule has 30 heavy (non-hydrogen) atoms. The summed E-state index contributed by atoms with van der Waals surface area (Å²) in [6.45, 7) is 8.81. The highest BCUT2D eigenvalue weighted by molar-refractivity contribution is 6.08. The molecular formula is C26H30N4. The largest absolute Gasteiger partial charge is 0.385 e. The molecule has 3 aromatic carbocycles. The standard InChI is InChI=1S/C26H30N4/c1-3-30(4-2)19-9-18-27-20-14-16-21(17-15-20)28-26-22-10-5-7-12-24(22)29-25-13-8-6-11-23(25)26/h5-8,10-17,27H,3-4,9,18-19H2,1-2H3,(H,28,29). The van der Waals surface area contributed by atoms with Crippen molar-refractivity contribution in [1.29, 1.82) is 0 Å². The van der Waals surface area contributed by atoms with Crippen LogP contribution in [-0.4, -0.2) is 36.1 Å². The molecule has 4 heteroatoms. The molecule has 0 aliphatic carbocycles. The molecule has 4 nitrogen and oxygen atoms in total. The van der Waals surface area contributed by atoms with Crippen molar-refractivity contribution < 1.29 is 0 Å². The van der Waals surface area contributed by atoms with E-state index < -0.39 is 0 Å². The average Bonchev–Trinajstić information content (AvgIpc) is 2.80. The smallest absolute Gasteiger partial charge is 0.0730 e. The van der Waals surface area contributed by atoms with E-state index in [0.717, 1.165) is 71.5 Å². The molecule has 0 amide bonds. The minimum atomic E-state index is 0.989. The number of benzene rings is 3. The van der Waals surface area contributed by atoms with Crippen LogP contribution in [0.3, 0.4) is 0 Å². The van der Waals surface area contributed by atoms with E-state index in [0.29, 0.717) is 0 Å². The Morgan fingerprint density at radius 2 is 1.30 bits per heavy atom. The van der Waals surface area contributed by atoms with E-state index in [1.54, 1.807) is 0 Å². The Morgan fingerprint density at radius 3 is 1.90 bits per heavy atom. The SMILES string of the molecule is CCN(CC)CCCNc1ccc(Nc2c3ccccc3nc3ccccc23)cc1. The van der Waals surface area contributed by atoms with Crippen molar-refractivity contribution in [3.8, 4) is 0 Å². The van der Waals surface area contributed by atoms with Crippen LogP contribution in [0.5, 0.6) is 0 Å². The molecule has 0 aliphatic rings. The second-order valence-corrected chi connectivity index (χ2v) is 7.53. The van der Waals surface area contributed by atoms with Gasteiger partial charge in [0.15, 0.2) is 0 Å². The van der Waals surface area contributed by atoms with Gasteiger partial charge in [0.05, 0.1) is 16.7 Å². The van der Waals surface area contributed by atoms with Crippen LogP contribution < -0.4 is 10.6 Å². The molecule has 0 atom stereocenters. The van der Waals surface area contributed by atoms with E-state index in [9.17, 15) is 0 Å². The number of para-hydroxylation sites is 2. The van der Waals surface area contributed by atoms with E-state index in [-0.39, 0.29) is 0 Å². The molecule has 0 saturated heterocycles. The first-order valence-corrected chi connectivity index (χ1v) is 10.9. The van der Waals surface area contributed by atoms with E-state index in [1.807, 2.05) is 12.1 Å². The van der Waals surface area contributed by atoms with Crippen molar-refractivity contribution >= 4 is 38.9 Å². The molecule has 0 saturated carbocycles. The van der Waals surface area contributed by atoms with E-state index in [1.165, 1.54) is 0 Å². The van der Waals surface area contributed by atoms with Gasteiger partial charge in [-0.25, -0.2) is 4.98 Å². The second kappa shape index (κ2) is 9.59. The number of nitrogens with one attached hydrogen (secondary N) is 2. The average molecular weight is 399 g/mol. The molecule has 4 rings (SSSR count). The number of rotatable bonds is 9. The van der Waals surface area contributed by atoms with Crippen LogP contribution in [0.25, 0.3) is 21.8 Å². The number of anilines is 3. The minimum absolute atomic E-state index is 0.989. The quantitative estimate of drug-likeness (QED) is 0.257. The maximum absolute atomic E-state index is 4.81. The number of nitrogens with zero attached hydrogens (tertiary/aromatic N) is 2. The summed E-state index contributed by atoms with van der Waals surface area (Å²) in [5.74, 6) is 0. The van der Waals surface area contributed by atoms with Gasteiger partial charge in [-0.3, -0.25) is 0 Å². The van der Waals surface area contributed by atoms with Gasteiger partial charge in [0.1, 0.15) is 0 Å². The van der Waals surface area contributed by atoms with E-state index in [2.05, 4.69) is 90.0 Å². The van der Waals surface area contributed by atoms with E-state index in [4.69, 9.17) is 4.98 Å². The summed E-state index contributed by atoms with van der Waals surface area (Å²) in [4.78, 5) is 7.26. The van der Waals surface area contributed by atoms with Crippen LogP contribution >= 0.6 is 0 Å². The van der Waals surface area contributed by atoms with Crippen molar-refractivity contribution in [2.75, 3.05) is 36.8 Å². The fourth-order valence-electron chi connectivity index (χ4n) is 3.87. The summed E-state index contributed by atoms with van der Waals surface area (Å²) in [6, 6.07) is 25.2. The first-order chi connectivity index (χ1) is 14.8. The Morgan fingerprint density at radius 1 is 0.733 bits per heavy atom. The third-order valence-corrected chi connectivity index (χ3v) is 5.62. The molecule has 1 aromatic heterocycles. The van der Waals surface area contributed by atoms with Crippen LogP contribution in [0.2, 0.25) is 0 Å². The Balaban J connectivity index is 1.49. The summed E-state index contributed by atoms with van der Waals surface area (Å²) < 4.78 is 0. The van der Waals surface area contributed by atoms with Gasteiger partial charge >= 0.3 is 0 Å². The summed E-state index contributed by atoms with van der Waals surface area (Å²) in [5.41, 5.74) is 5.35. The first-order valence-electron chi connectivity index (χ1n) is 10.9. The Labute approximate surface area is 178 Å². The van der Waals surface area contributed by atoms with Crippen LogP contribution in [0.15, 0.2) is 72.8 Å². The monoisotopic (exact) mass is 398 g/mol. The lowest BCUT2D eigenvalue weighted by atomic mass is 10.1. The molecule has 0 radical (unpaired) electrons. The van der Waals surface area contributed by atoms with Crippen LogP contribution in [-0.2, 0) is 0 Å². The lowest BCUT2D eigenvalue weighted by molar-refractivity contribution is 0.303. The number of aromatic nitrogens is 1. The minimum Gasteiger partial charge on any atom is -0.385 e. The fraction of sp³-hybridized carbons (Fsp3) is 0.269. The van der Waals surface area contributed by atoms with Crippen LogP contribution in [0.4, 0.5) is 17.1 Å². The number of pyridine rings is 1. The summed E-state index contributed by atoms with van der Waals surface area (Å²) in [7, 11) is 0. The number of hydrogen-bond acceptors (Lipinski definition) is 4. The number of fused-ring (bicyclic) bond motifs is 2. The topological polar surface area (TPSA) is 40.2 Å². The van der Waals surface area contributed by atoms with Gasteiger partial charge in [-0.1, -0.05) is 50.2 Å². The molecule has 0 unspecified atom stereocenters. The first kappa shape index (κ1) is 20.2. The highest BCUT2D eigenvalue weighted by Gasteiger charge is 2.09. The van der Waals surface area contributed by atoms with Crippen LogP contribution in [0.1, 0.15) is 20.3 Å². The molecule has 1 heterocycles. The van der Waals surface area contributed by atoms with Crippen LogP contribution in [0, 0.1) is 0 Å². The molecular weight excluding hydrogens is 368 g/mol. The molecule has 0 spiro atoms. The zero-order valence-corrected chi connectivity index (χ0v) is 17.9. The fourth-order valence-corrected chi connectivity index (χ4v) is 3.87. The van der Waals surface area contributed by atoms with Crippen molar-refractivity contribution in [2.45, 2.75) is 20.3 Å². The van der Waals surface area contributed by atoms with Gasteiger partial charge in [0, 0.05) is 28.7 Å². The Kier molecular flexibility index (Phi) is 6.45. The summed E-state index contributed by atoms with van der Waals surface area (Å²) in [6.07, 6.45) is 1.15. The van der Waals surface area contributed by atoms with Gasteiger partial charge in [-0.05, 0) is 62.5 Å². The lowest BCUT2D eigenvalue weighted by Crippen LogP contribution is -2.25. The molecule has 2 N–H and O–H groups in total. The zero-order valence-electron chi connectivity index (χ0n) is 17.9. The summed E-state index contributed by atoms with van der Waals surface area (Å²) >= 11 is 0. The maximum Gasteiger partial charge on any atom is 0.0730 e. The van der Waals surface area contributed by atoms with Gasteiger partial charge in [0.25, 0.3) is 0 Å². The highest BCUT2D eigenvalue weighted by Crippen LogP contribution is 2.33. The maximum atomic E-state index is 4.81. The van der Waals surface area contributed by atoms with Crippen molar-refractivity contribution in [3.05, 3.63) is 72.8 Å². The predicted octanol–water partition coefficient (Wildman–Crippen LogP) is 6.28. The third-order valence-electron chi connectivity index (χ3n) is 5.62. The second-order valence-electron chi connectivity index (χ2n) is 7.53. The molecule has 0 bridgehead atoms. The van der Waals surface area contributed by atoms with Crippen molar-refractivity contribution in [2.24, 2.45) is 0 Å². The lowest BCUT2D eigenvalue weighted by Gasteiger charge is -2.18. The van der Waals surface area contributed by atoms with Crippen molar-refractivity contribution in [1.82, 2.24) is 9.88 Å². The van der Waals surface area contributed by atoms with Crippen molar-refractivity contribution in [3.63, 3.8) is 0 Å². The Hall–Kier alpha value is -3.11. The van der Waals surface area contributed by atoms with Gasteiger partial charge < -0.3 is 15.5 Å². The van der Waals surface area contributed by atoms with E-state index >= 15 is 0 Å². The molecule has 4 aromatic rings.